The number of piperazine rings is 1. The van der Waals surface area contributed by atoms with Crippen LogP contribution in [0.25, 0.3) is 11.3 Å². The Kier molecular flexibility index (Phi) is 5.87. The summed E-state index contributed by atoms with van der Waals surface area (Å²) >= 11 is 5.92. The largest absolute Gasteiger partial charge is 0.352 e. The number of anilines is 1. The number of unbranched alkanes of at least 4 members (excludes halogenated alkanes) is 1. The van der Waals surface area contributed by atoms with Crippen LogP contribution in [0.2, 0.25) is 5.02 Å². The number of rotatable bonds is 5. The fourth-order valence-electron chi connectivity index (χ4n) is 2.94. The summed E-state index contributed by atoms with van der Waals surface area (Å²) in [5.41, 5.74) is 1.82. The molecule has 0 spiro atoms. The number of amides is 1. The summed E-state index contributed by atoms with van der Waals surface area (Å²) in [5.74, 6) is 1.13. The molecule has 1 amide bonds. The molecular weight excluding hydrogens is 336 g/mol. The first-order valence-electron chi connectivity index (χ1n) is 8.80. The normalized spacial score (nSPS) is 14.6. The molecule has 2 heterocycles. The molecular formula is C19H23ClN4O. The van der Waals surface area contributed by atoms with Crippen molar-refractivity contribution in [3.05, 3.63) is 41.4 Å². The molecule has 3 rings (SSSR count). The summed E-state index contributed by atoms with van der Waals surface area (Å²) in [6.45, 7) is 5.21. The van der Waals surface area contributed by atoms with E-state index in [0.717, 1.165) is 56.1 Å². The fourth-order valence-corrected chi connectivity index (χ4v) is 3.07. The molecule has 0 bridgehead atoms. The Hall–Kier alpha value is -2.14. The third-order valence-electron chi connectivity index (χ3n) is 4.49. The quantitative estimate of drug-likeness (QED) is 0.818. The summed E-state index contributed by atoms with van der Waals surface area (Å²) in [4.78, 5) is 16.2. The number of halogens is 1. The summed E-state index contributed by atoms with van der Waals surface area (Å²) in [5, 5.41) is 9.40. The zero-order valence-electron chi connectivity index (χ0n) is 14.5. The lowest BCUT2D eigenvalue weighted by Crippen LogP contribution is -2.49. The van der Waals surface area contributed by atoms with E-state index in [-0.39, 0.29) is 5.91 Å². The van der Waals surface area contributed by atoms with Crippen molar-refractivity contribution in [2.75, 3.05) is 31.1 Å². The van der Waals surface area contributed by atoms with Gasteiger partial charge in [0.2, 0.25) is 5.91 Å². The van der Waals surface area contributed by atoms with Crippen LogP contribution in [0.1, 0.15) is 26.2 Å². The highest BCUT2D eigenvalue weighted by atomic mass is 35.5. The van der Waals surface area contributed by atoms with Crippen LogP contribution in [0, 0.1) is 0 Å². The molecule has 1 aliphatic heterocycles. The average molecular weight is 359 g/mol. The second kappa shape index (κ2) is 8.30. The van der Waals surface area contributed by atoms with Gasteiger partial charge in [-0.15, -0.1) is 10.2 Å². The van der Waals surface area contributed by atoms with Crippen molar-refractivity contribution in [1.82, 2.24) is 15.1 Å². The van der Waals surface area contributed by atoms with Crippen molar-refractivity contribution < 1.29 is 4.79 Å². The second-order valence-electron chi connectivity index (χ2n) is 6.26. The Morgan fingerprint density at radius 1 is 1.04 bits per heavy atom. The van der Waals surface area contributed by atoms with E-state index in [1.165, 1.54) is 0 Å². The molecule has 6 heteroatoms. The van der Waals surface area contributed by atoms with E-state index in [0.29, 0.717) is 11.4 Å². The molecule has 25 heavy (non-hydrogen) atoms. The Labute approximate surface area is 153 Å². The lowest BCUT2D eigenvalue weighted by molar-refractivity contribution is -0.131. The third-order valence-corrected chi connectivity index (χ3v) is 4.74. The zero-order chi connectivity index (χ0) is 17.6. The fraction of sp³-hybridized carbons (Fsp3) is 0.421. The zero-order valence-corrected chi connectivity index (χ0v) is 15.2. The molecule has 0 radical (unpaired) electrons. The predicted octanol–water partition coefficient (Wildman–Crippen LogP) is 3.64. The lowest BCUT2D eigenvalue weighted by atomic mass is 10.1. The Bertz CT molecular complexity index is 694. The summed E-state index contributed by atoms with van der Waals surface area (Å²) in [6, 6.07) is 11.5. The van der Waals surface area contributed by atoms with Gasteiger partial charge in [0.1, 0.15) is 0 Å². The molecule has 132 valence electrons. The van der Waals surface area contributed by atoms with Crippen LogP contribution >= 0.6 is 11.6 Å². The Morgan fingerprint density at radius 3 is 2.36 bits per heavy atom. The molecule has 5 nitrogen and oxygen atoms in total. The highest BCUT2D eigenvalue weighted by Crippen LogP contribution is 2.21. The van der Waals surface area contributed by atoms with Crippen molar-refractivity contribution in [1.29, 1.82) is 0 Å². The van der Waals surface area contributed by atoms with Crippen LogP contribution in [0.15, 0.2) is 36.4 Å². The van der Waals surface area contributed by atoms with Gasteiger partial charge in [-0.2, -0.15) is 0 Å². The minimum atomic E-state index is 0.269. The first-order valence-corrected chi connectivity index (χ1v) is 9.17. The third kappa shape index (κ3) is 4.48. The van der Waals surface area contributed by atoms with E-state index in [2.05, 4.69) is 22.0 Å². The van der Waals surface area contributed by atoms with E-state index in [1.54, 1.807) is 0 Å². The van der Waals surface area contributed by atoms with Crippen molar-refractivity contribution in [3.8, 4) is 11.3 Å². The van der Waals surface area contributed by atoms with Gasteiger partial charge in [0.05, 0.1) is 5.69 Å². The van der Waals surface area contributed by atoms with Gasteiger partial charge in [-0.3, -0.25) is 4.79 Å². The smallest absolute Gasteiger partial charge is 0.222 e. The molecule has 0 atom stereocenters. The van der Waals surface area contributed by atoms with E-state index in [4.69, 9.17) is 11.6 Å². The molecule has 2 aromatic rings. The lowest BCUT2D eigenvalue weighted by Gasteiger charge is -2.35. The van der Waals surface area contributed by atoms with E-state index in [9.17, 15) is 4.79 Å². The maximum Gasteiger partial charge on any atom is 0.222 e. The number of carbonyl (C=O) groups excluding carboxylic acids is 1. The number of benzene rings is 1. The molecule has 0 aliphatic carbocycles. The minimum Gasteiger partial charge on any atom is -0.352 e. The number of hydrogen-bond acceptors (Lipinski definition) is 4. The predicted molar refractivity (Wildman–Crippen MR) is 101 cm³/mol. The van der Waals surface area contributed by atoms with Gasteiger partial charge < -0.3 is 9.80 Å². The number of carbonyl (C=O) groups is 1. The van der Waals surface area contributed by atoms with Gasteiger partial charge >= 0.3 is 0 Å². The molecule has 0 saturated carbocycles. The van der Waals surface area contributed by atoms with Crippen molar-refractivity contribution >= 4 is 23.3 Å². The molecule has 1 aromatic heterocycles. The van der Waals surface area contributed by atoms with Crippen LogP contribution < -0.4 is 4.90 Å². The molecule has 0 N–H and O–H groups in total. The van der Waals surface area contributed by atoms with E-state index >= 15 is 0 Å². The van der Waals surface area contributed by atoms with Crippen LogP contribution in [0.3, 0.4) is 0 Å². The monoisotopic (exact) mass is 358 g/mol. The first kappa shape index (κ1) is 17.7. The summed E-state index contributed by atoms with van der Waals surface area (Å²) in [6.07, 6.45) is 2.68. The number of nitrogens with zero attached hydrogens (tertiary/aromatic N) is 4. The SMILES string of the molecule is CCCCC(=O)N1CCN(c2ccc(-c3ccc(Cl)cc3)nn2)CC1. The van der Waals surface area contributed by atoms with E-state index < -0.39 is 0 Å². The Morgan fingerprint density at radius 2 is 1.76 bits per heavy atom. The molecule has 1 fully saturated rings. The van der Waals surface area contributed by atoms with Gasteiger partial charge in [0.15, 0.2) is 5.82 Å². The number of aromatic nitrogens is 2. The molecule has 0 unspecified atom stereocenters. The van der Waals surface area contributed by atoms with Gasteiger partial charge in [-0.05, 0) is 30.7 Å². The first-order chi connectivity index (χ1) is 12.2. The minimum absolute atomic E-state index is 0.269. The number of hydrogen-bond donors (Lipinski definition) is 0. The summed E-state index contributed by atoms with van der Waals surface area (Å²) < 4.78 is 0. The topological polar surface area (TPSA) is 49.3 Å². The highest BCUT2D eigenvalue weighted by Gasteiger charge is 2.21. The highest BCUT2D eigenvalue weighted by molar-refractivity contribution is 6.30. The Balaban J connectivity index is 1.58. The maximum absolute atomic E-state index is 12.1. The van der Waals surface area contributed by atoms with Crippen molar-refractivity contribution in [2.45, 2.75) is 26.2 Å². The molecule has 1 saturated heterocycles. The van der Waals surface area contributed by atoms with Crippen LogP contribution in [0.5, 0.6) is 0 Å². The van der Waals surface area contributed by atoms with Crippen molar-refractivity contribution in [3.63, 3.8) is 0 Å². The van der Waals surface area contributed by atoms with Crippen molar-refractivity contribution in [2.24, 2.45) is 0 Å². The maximum atomic E-state index is 12.1. The van der Waals surface area contributed by atoms with E-state index in [1.807, 2.05) is 41.3 Å². The van der Waals surface area contributed by atoms with Gasteiger partial charge in [-0.1, -0.05) is 37.1 Å². The van der Waals surface area contributed by atoms with Crippen LogP contribution in [-0.4, -0.2) is 47.2 Å². The van der Waals surface area contributed by atoms with Gasteiger partial charge in [0.25, 0.3) is 0 Å². The summed E-state index contributed by atoms with van der Waals surface area (Å²) in [7, 11) is 0. The molecule has 1 aromatic carbocycles. The van der Waals surface area contributed by atoms with Gasteiger partial charge in [-0.25, -0.2) is 0 Å². The molecule has 1 aliphatic rings. The van der Waals surface area contributed by atoms with Gasteiger partial charge in [0, 0.05) is 43.2 Å². The standard InChI is InChI=1S/C19H23ClN4O/c1-2-3-4-19(25)24-13-11-23(12-14-24)18-10-9-17(21-22-18)15-5-7-16(20)8-6-15/h5-10H,2-4,11-14H2,1H3. The van der Waals surface area contributed by atoms with Crippen LogP contribution in [0.4, 0.5) is 5.82 Å². The average Bonchev–Trinajstić information content (AvgIpc) is 2.67. The van der Waals surface area contributed by atoms with Crippen LogP contribution in [-0.2, 0) is 4.79 Å². The second-order valence-corrected chi connectivity index (χ2v) is 6.69.